The highest BCUT2D eigenvalue weighted by atomic mass is 16.4. The first-order valence-electron chi connectivity index (χ1n) is 5.47. The molecule has 0 radical (unpaired) electrons. The number of aliphatic hydroxyl groups excluding tert-OH is 1. The largest absolute Gasteiger partial charge is 0.477 e. The van der Waals surface area contributed by atoms with Gasteiger partial charge in [0.25, 0.3) is 5.91 Å². The maximum Gasteiger partial charge on any atom is 0.352 e. The molecule has 2 rings (SSSR count). The van der Waals surface area contributed by atoms with Crippen molar-refractivity contribution in [2.45, 2.75) is 6.42 Å². The topological polar surface area (TPSA) is 90.2 Å². The Bertz CT molecular complexity index is 498. The lowest BCUT2D eigenvalue weighted by molar-refractivity contribution is -0.130. The maximum atomic E-state index is 12.0. The second kappa shape index (κ2) is 4.97. The minimum Gasteiger partial charge on any atom is -0.477 e. The van der Waals surface area contributed by atoms with Crippen LogP contribution in [0.4, 0.5) is 5.69 Å². The van der Waals surface area contributed by atoms with Crippen molar-refractivity contribution in [2.24, 2.45) is 11.0 Å². The van der Waals surface area contributed by atoms with Crippen molar-refractivity contribution in [1.82, 2.24) is 0 Å². The molecule has 1 aromatic rings. The first-order chi connectivity index (χ1) is 8.65. The molecule has 0 aromatic heterocycles. The van der Waals surface area contributed by atoms with Crippen molar-refractivity contribution in [3.63, 3.8) is 0 Å². The van der Waals surface area contributed by atoms with Gasteiger partial charge < -0.3 is 10.2 Å². The van der Waals surface area contributed by atoms with E-state index < -0.39 is 17.8 Å². The lowest BCUT2D eigenvalue weighted by atomic mass is 10.00. The van der Waals surface area contributed by atoms with Crippen LogP contribution in [0.1, 0.15) is 6.42 Å². The van der Waals surface area contributed by atoms with Gasteiger partial charge in [0.05, 0.1) is 11.6 Å². The third kappa shape index (κ3) is 2.10. The molecule has 0 aliphatic carbocycles. The molecular weight excluding hydrogens is 236 g/mol. The van der Waals surface area contributed by atoms with Gasteiger partial charge in [-0.2, -0.15) is 10.1 Å². The Morgan fingerprint density at radius 3 is 2.56 bits per heavy atom. The molecule has 1 aliphatic rings. The molecule has 0 fully saturated rings. The van der Waals surface area contributed by atoms with Gasteiger partial charge in [0.2, 0.25) is 0 Å². The molecule has 1 atom stereocenters. The lowest BCUT2D eigenvalue weighted by Gasteiger charge is -2.13. The van der Waals surface area contributed by atoms with Gasteiger partial charge in [-0.15, -0.1) is 0 Å². The van der Waals surface area contributed by atoms with Crippen LogP contribution < -0.4 is 5.01 Å². The zero-order chi connectivity index (χ0) is 13.1. The predicted molar refractivity (Wildman–Crippen MR) is 64.2 cm³/mol. The summed E-state index contributed by atoms with van der Waals surface area (Å²) >= 11 is 0. The summed E-state index contributed by atoms with van der Waals surface area (Å²) < 4.78 is 0. The van der Waals surface area contributed by atoms with Gasteiger partial charge in [-0.05, 0) is 18.6 Å². The van der Waals surface area contributed by atoms with Crippen LogP contribution in [-0.2, 0) is 9.59 Å². The molecule has 0 unspecified atom stereocenters. The van der Waals surface area contributed by atoms with Crippen LogP contribution in [-0.4, -0.2) is 34.4 Å². The molecule has 0 saturated carbocycles. The van der Waals surface area contributed by atoms with Crippen molar-refractivity contribution in [3.05, 3.63) is 30.3 Å². The summed E-state index contributed by atoms with van der Waals surface area (Å²) in [6.45, 7) is -0.259. The maximum absolute atomic E-state index is 12.0. The van der Waals surface area contributed by atoms with E-state index >= 15 is 0 Å². The summed E-state index contributed by atoms with van der Waals surface area (Å²) in [6, 6.07) is 8.59. The Hall–Kier alpha value is -2.21. The highest BCUT2D eigenvalue weighted by molar-refractivity contribution is 6.43. The average Bonchev–Trinajstić information content (AvgIpc) is 2.69. The summed E-state index contributed by atoms with van der Waals surface area (Å²) in [5.74, 6) is -2.54. The predicted octanol–water partition coefficient (Wildman–Crippen LogP) is 0.472. The number of benzene rings is 1. The number of hydrogen-bond donors (Lipinski definition) is 2. The van der Waals surface area contributed by atoms with E-state index in [1.54, 1.807) is 30.3 Å². The van der Waals surface area contributed by atoms with Crippen molar-refractivity contribution in [1.29, 1.82) is 0 Å². The van der Waals surface area contributed by atoms with Crippen LogP contribution in [0.25, 0.3) is 0 Å². The standard InChI is InChI=1S/C12H12N2O4/c15-7-6-9-10(12(17)18)13-14(11(9)16)8-4-2-1-3-5-8/h1-5,9,15H,6-7H2,(H,17,18)/t9-/m0/s1. The third-order valence-corrected chi connectivity index (χ3v) is 2.68. The van der Waals surface area contributed by atoms with Crippen molar-refractivity contribution < 1.29 is 19.8 Å². The van der Waals surface area contributed by atoms with Crippen LogP contribution in [0.3, 0.4) is 0 Å². The molecule has 0 saturated heterocycles. The number of para-hydroxylation sites is 1. The van der Waals surface area contributed by atoms with Crippen molar-refractivity contribution in [2.75, 3.05) is 11.6 Å². The normalized spacial score (nSPS) is 18.9. The van der Waals surface area contributed by atoms with Crippen LogP contribution >= 0.6 is 0 Å². The number of carbonyl (C=O) groups excluding carboxylic acids is 1. The third-order valence-electron chi connectivity index (χ3n) is 2.68. The summed E-state index contributed by atoms with van der Waals surface area (Å²) in [4.78, 5) is 23.1. The Kier molecular flexibility index (Phi) is 3.38. The monoisotopic (exact) mass is 248 g/mol. The van der Waals surface area contributed by atoms with Crippen molar-refractivity contribution in [3.8, 4) is 0 Å². The van der Waals surface area contributed by atoms with E-state index in [0.717, 1.165) is 5.01 Å². The van der Waals surface area contributed by atoms with Crippen LogP contribution in [0.2, 0.25) is 0 Å². The quantitative estimate of drug-likeness (QED) is 0.810. The molecular formula is C12H12N2O4. The number of hydrogen-bond acceptors (Lipinski definition) is 4. The smallest absolute Gasteiger partial charge is 0.352 e. The Morgan fingerprint density at radius 1 is 1.33 bits per heavy atom. The van der Waals surface area contributed by atoms with Gasteiger partial charge in [-0.3, -0.25) is 4.79 Å². The number of carboxylic acids is 1. The second-order valence-electron chi connectivity index (χ2n) is 3.84. The van der Waals surface area contributed by atoms with Gasteiger partial charge in [-0.1, -0.05) is 18.2 Å². The number of carboxylic acid groups (broad SMARTS) is 1. The van der Waals surface area contributed by atoms with Gasteiger partial charge in [0, 0.05) is 6.61 Å². The fraction of sp³-hybridized carbons (Fsp3) is 0.250. The average molecular weight is 248 g/mol. The molecule has 1 heterocycles. The number of hydrazone groups is 1. The molecule has 6 nitrogen and oxygen atoms in total. The minimum absolute atomic E-state index is 0.0628. The molecule has 1 aliphatic heterocycles. The molecule has 1 aromatic carbocycles. The Labute approximate surface area is 103 Å². The second-order valence-corrected chi connectivity index (χ2v) is 3.84. The van der Waals surface area contributed by atoms with E-state index in [0.29, 0.717) is 5.69 Å². The fourth-order valence-electron chi connectivity index (χ4n) is 1.83. The Balaban J connectivity index is 2.34. The number of aliphatic hydroxyl groups is 1. The van der Waals surface area contributed by atoms with Gasteiger partial charge in [0.1, 0.15) is 0 Å². The fourth-order valence-corrected chi connectivity index (χ4v) is 1.83. The number of aliphatic carboxylic acids is 1. The molecule has 0 spiro atoms. The van der Waals surface area contributed by atoms with E-state index in [4.69, 9.17) is 10.2 Å². The zero-order valence-corrected chi connectivity index (χ0v) is 9.48. The number of anilines is 1. The number of nitrogens with zero attached hydrogens (tertiary/aromatic N) is 2. The number of amides is 1. The van der Waals surface area contributed by atoms with Crippen LogP contribution in [0.5, 0.6) is 0 Å². The molecule has 6 heteroatoms. The number of carbonyl (C=O) groups is 2. The van der Waals surface area contributed by atoms with E-state index in [2.05, 4.69) is 5.10 Å². The first kappa shape index (κ1) is 12.3. The molecule has 94 valence electrons. The molecule has 1 amide bonds. The summed E-state index contributed by atoms with van der Waals surface area (Å²) in [7, 11) is 0. The van der Waals surface area contributed by atoms with E-state index in [9.17, 15) is 9.59 Å². The van der Waals surface area contributed by atoms with Gasteiger partial charge >= 0.3 is 5.97 Å². The summed E-state index contributed by atoms with van der Waals surface area (Å²) in [5.41, 5.74) is 0.291. The van der Waals surface area contributed by atoms with Crippen LogP contribution in [0.15, 0.2) is 35.4 Å². The SMILES string of the molecule is O=C(O)C1=NN(c2ccccc2)C(=O)[C@H]1CCO. The zero-order valence-electron chi connectivity index (χ0n) is 9.48. The highest BCUT2D eigenvalue weighted by Gasteiger charge is 2.39. The highest BCUT2D eigenvalue weighted by Crippen LogP contribution is 2.25. The Morgan fingerprint density at radius 2 is 2.00 bits per heavy atom. The van der Waals surface area contributed by atoms with E-state index in [1.807, 2.05) is 0 Å². The van der Waals surface area contributed by atoms with Gasteiger partial charge in [0.15, 0.2) is 5.71 Å². The lowest BCUT2D eigenvalue weighted by Crippen LogP contribution is -2.30. The van der Waals surface area contributed by atoms with E-state index in [1.165, 1.54) is 0 Å². The van der Waals surface area contributed by atoms with E-state index in [-0.39, 0.29) is 18.7 Å². The van der Waals surface area contributed by atoms with Crippen molar-refractivity contribution >= 4 is 23.3 Å². The van der Waals surface area contributed by atoms with Crippen LogP contribution in [0, 0.1) is 5.92 Å². The molecule has 18 heavy (non-hydrogen) atoms. The molecule has 0 bridgehead atoms. The summed E-state index contributed by atoms with van der Waals surface area (Å²) in [6.07, 6.45) is 0.0628. The first-order valence-corrected chi connectivity index (χ1v) is 5.47. The number of rotatable bonds is 4. The summed E-state index contributed by atoms with van der Waals surface area (Å²) in [5, 5.41) is 22.8. The molecule has 2 N–H and O–H groups in total. The minimum atomic E-state index is -1.24. The van der Waals surface area contributed by atoms with Gasteiger partial charge in [-0.25, -0.2) is 4.79 Å².